The Balaban J connectivity index is 1.56. The molecule has 4 rings (SSSR count). The first-order chi connectivity index (χ1) is 11.2. The quantitative estimate of drug-likeness (QED) is 0.815. The maximum absolute atomic E-state index is 12.3. The van der Waals surface area contributed by atoms with Crippen molar-refractivity contribution in [2.75, 3.05) is 13.1 Å². The lowest BCUT2D eigenvalue weighted by Gasteiger charge is -2.33. The highest BCUT2D eigenvalue weighted by Gasteiger charge is 2.46. The lowest BCUT2D eigenvalue weighted by atomic mass is 9.94. The number of piperidine rings is 1. The largest absolute Gasteiger partial charge is 0.457 e. The molecule has 2 aliphatic heterocycles. The SMILES string of the molecule is O=C(OC12CCCN(C1)/C(=C/c1cccnc1)C2)c1ccco1. The molecule has 0 aliphatic carbocycles. The van der Waals surface area contributed by atoms with Crippen molar-refractivity contribution >= 4 is 12.0 Å². The zero-order valence-electron chi connectivity index (χ0n) is 12.8. The molecule has 2 aromatic heterocycles. The average molecular weight is 310 g/mol. The summed E-state index contributed by atoms with van der Waals surface area (Å²) in [4.78, 5) is 18.7. The molecule has 0 spiro atoms. The van der Waals surface area contributed by atoms with Crippen LogP contribution in [0.15, 0.2) is 53.0 Å². The molecule has 5 heteroatoms. The number of furan rings is 1. The van der Waals surface area contributed by atoms with Crippen LogP contribution in [0.2, 0.25) is 0 Å². The molecular weight excluding hydrogens is 292 g/mol. The van der Waals surface area contributed by atoms with Gasteiger partial charge >= 0.3 is 5.97 Å². The third-order valence-corrected chi connectivity index (χ3v) is 4.50. The predicted molar refractivity (Wildman–Crippen MR) is 84.5 cm³/mol. The van der Waals surface area contributed by atoms with Gasteiger partial charge in [0.1, 0.15) is 5.60 Å². The van der Waals surface area contributed by atoms with Gasteiger partial charge in [-0.25, -0.2) is 4.79 Å². The number of ether oxygens (including phenoxy) is 1. The third-order valence-electron chi connectivity index (χ3n) is 4.50. The Morgan fingerprint density at radius 3 is 3.13 bits per heavy atom. The van der Waals surface area contributed by atoms with E-state index in [0.29, 0.717) is 0 Å². The topological polar surface area (TPSA) is 55.6 Å². The van der Waals surface area contributed by atoms with E-state index in [1.165, 1.54) is 12.0 Å². The first-order valence-electron chi connectivity index (χ1n) is 7.87. The lowest BCUT2D eigenvalue weighted by molar-refractivity contribution is -0.0296. The summed E-state index contributed by atoms with van der Waals surface area (Å²) in [7, 11) is 0. The molecule has 0 saturated carbocycles. The van der Waals surface area contributed by atoms with E-state index in [1.54, 1.807) is 18.3 Å². The second-order valence-corrected chi connectivity index (χ2v) is 6.17. The van der Waals surface area contributed by atoms with E-state index in [1.807, 2.05) is 18.3 Å². The molecule has 0 radical (unpaired) electrons. The van der Waals surface area contributed by atoms with E-state index in [2.05, 4.69) is 16.0 Å². The number of pyridine rings is 1. The molecule has 0 aromatic carbocycles. The van der Waals surface area contributed by atoms with E-state index in [4.69, 9.17) is 9.15 Å². The van der Waals surface area contributed by atoms with Crippen LogP contribution in [-0.2, 0) is 4.74 Å². The van der Waals surface area contributed by atoms with Gasteiger partial charge in [0, 0.05) is 31.1 Å². The second kappa shape index (κ2) is 5.57. The van der Waals surface area contributed by atoms with Crippen LogP contribution in [0.25, 0.3) is 6.08 Å². The number of hydrogen-bond acceptors (Lipinski definition) is 5. The summed E-state index contributed by atoms with van der Waals surface area (Å²) >= 11 is 0. The van der Waals surface area contributed by atoms with Gasteiger partial charge in [-0.2, -0.15) is 0 Å². The van der Waals surface area contributed by atoms with Crippen molar-refractivity contribution in [2.24, 2.45) is 0 Å². The van der Waals surface area contributed by atoms with Crippen LogP contribution < -0.4 is 0 Å². The van der Waals surface area contributed by atoms with E-state index >= 15 is 0 Å². The Hall–Kier alpha value is -2.56. The van der Waals surface area contributed by atoms with Gasteiger partial charge in [0.15, 0.2) is 0 Å². The number of fused-ring (bicyclic) bond motifs is 2. The fraction of sp³-hybridized carbons (Fsp3) is 0.333. The highest BCUT2D eigenvalue weighted by atomic mass is 16.6. The zero-order valence-corrected chi connectivity index (χ0v) is 12.8. The number of carbonyl (C=O) groups is 1. The fourth-order valence-corrected chi connectivity index (χ4v) is 3.49. The number of esters is 1. The van der Waals surface area contributed by atoms with Crippen LogP contribution in [0.5, 0.6) is 0 Å². The molecule has 2 saturated heterocycles. The Morgan fingerprint density at radius 1 is 1.39 bits per heavy atom. The minimum atomic E-state index is -0.434. The Labute approximate surface area is 134 Å². The minimum absolute atomic E-state index is 0.265. The van der Waals surface area contributed by atoms with Gasteiger partial charge in [-0.3, -0.25) is 4.98 Å². The molecule has 2 aromatic rings. The molecule has 4 heterocycles. The lowest BCUT2D eigenvalue weighted by Crippen LogP contribution is -2.42. The predicted octanol–water partition coefficient (Wildman–Crippen LogP) is 3.11. The maximum atomic E-state index is 12.3. The van der Waals surface area contributed by atoms with Crippen LogP contribution in [0, 0.1) is 0 Å². The van der Waals surface area contributed by atoms with Crippen LogP contribution in [0.4, 0.5) is 0 Å². The van der Waals surface area contributed by atoms with Crippen molar-refractivity contribution in [3.63, 3.8) is 0 Å². The smallest absolute Gasteiger partial charge is 0.374 e. The standard InChI is InChI=1S/C18H18N2O3/c21-17(16-5-2-9-22-16)23-18-6-3-8-20(13-18)15(11-18)10-14-4-1-7-19-12-14/h1-2,4-5,7,9-10,12H,3,6,8,11,13H2/b15-10+. The molecule has 1 atom stereocenters. The molecule has 2 bridgehead atoms. The molecule has 2 fully saturated rings. The zero-order chi connectivity index (χ0) is 15.7. The minimum Gasteiger partial charge on any atom is -0.457 e. The van der Waals surface area contributed by atoms with Crippen molar-refractivity contribution in [2.45, 2.75) is 24.9 Å². The third kappa shape index (κ3) is 2.74. The molecular formula is C18H18N2O3. The van der Waals surface area contributed by atoms with E-state index in [0.717, 1.165) is 37.9 Å². The average Bonchev–Trinajstić information content (AvgIpc) is 3.16. The first-order valence-corrected chi connectivity index (χ1v) is 7.87. The van der Waals surface area contributed by atoms with Gasteiger partial charge in [0.05, 0.1) is 12.8 Å². The molecule has 0 amide bonds. The van der Waals surface area contributed by atoms with Gasteiger partial charge in [0.25, 0.3) is 0 Å². The number of hydrogen-bond donors (Lipinski definition) is 0. The van der Waals surface area contributed by atoms with Crippen molar-refractivity contribution in [1.29, 1.82) is 0 Å². The maximum Gasteiger partial charge on any atom is 0.374 e. The summed E-state index contributed by atoms with van der Waals surface area (Å²) in [5.41, 5.74) is 1.85. The summed E-state index contributed by atoms with van der Waals surface area (Å²) in [5.74, 6) is -0.110. The van der Waals surface area contributed by atoms with Crippen molar-refractivity contribution < 1.29 is 13.9 Å². The van der Waals surface area contributed by atoms with Crippen LogP contribution in [0.1, 0.15) is 35.4 Å². The molecule has 0 N–H and O–H groups in total. The molecule has 118 valence electrons. The summed E-state index contributed by atoms with van der Waals surface area (Å²) in [6.07, 6.45) is 9.90. The molecule has 2 aliphatic rings. The van der Waals surface area contributed by atoms with Gasteiger partial charge in [-0.05, 0) is 42.7 Å². The van der Waals surface area contributed by atoms with E-state index < -0.39 is 5.60 Å². The van der Waals surface area contributed by atoms with Gasteiger partial charge < -0.3 is 14.1 Å². The van der Waals surface area contributed by atoms with Crippen molar-refractivity contribution in [3.05, 3.63) is 59.9 Å². The summed E-state index contributed by atoms with van der Waals surface area (Å²) < 4.78 is 11.0. The Kier molecular flexibility index (Phi) is 3.41. The highest BCUT2D eigenvalue weighted by Crippen LogP contribution is 2.41. The number of nitrogens with zero attached hydrogens (tertiary/aromatic N) is 2. The summed E-state index contributed by atoms with van der Waals surface area (Å²) in [5, 5.41) is 0. The van der Waals surface area contributed by atoms with E-state index in [-0.39, 0.29) is 11.7 Å². The monoisotopic (exact) mass is 310 g/mol. The van der Waals surface area contributed by atoms with Crippen molar-refractivity contribution in [1.82, 2.24) is 9.88 Å². The summed E-state index contributed by atoms with van der Waals surface area (Å²) in [6, 6.07) is 7.30. The van der Waals surface area contributed by atoms with Crippen LogP contribution >= 0.6 is 0 Å². The van der Waals surface area contributed by atoms with Gasteiger partial charge in [-0.1, -0.05) is 6.07 Å². The Bertz CT molecular complexity index is 724. The number of aromatic nitrogens is 1. The first kappa shape index (κ1) is 14.1. The Morgan fingerprint density at radius 2 is 2.35 bits per heavy atom. The summed E-state index contributed by atoms with van der Waals surface area (Å²) in [6.45, 7) is 1.76. The van der Waals surface area contributed by atoms with Crippen LogP contribution in [-0.4, -0.2) is 34.5 Å². The van der Waals surface area contributed by atoms with E-state index in [9.17, 15) is 4.79 Å². The molecule has 23 heavy (non-hydrogen) atoms. The normalized spacial score (nSPS) is 24.9. The fourth-order valence-electron chi connectivity index (χ4n) is 3.49. The number of carbonyl (C=O) groups excluding carboxylic acids is 1. The van der Waals surface area contributed by atoms with Gasteiger partial charge in [0.2, 0.25) is 5.76 Å². The second-order valence-electron chi connectivity index (χ2n) is 6.17. The molecule has 5 nitrogen and oxygen atoms in total. The van der Waals surface area contributed by atoms with Gasteiger partial charge in [-0.15, -0.1) is 0 Å². The molecule has 1 unspecified atom stereocenters. The highest BCUT2D eigenvalue weighted by molar-refractivity contribution is 5.86. The van der Waals surface area contributed by atoms with Crippen molar-refractivity contribution in [3.8, 4) is 0 Å². The van der Waals surface area contributed by atoms with Crippen LogP contribution in [0.3, 0.4) is 0 Å². The number of rotatable bonds is 3.